The normalized spacial score (nSPS) is 33.0. The summed E-state index contributed by atoms with van der Waals surface area (Å²) in [6, 6.07) is 0. The summed E-state index contributed by atoms with van der Waals surface area (Å²) in [6.45, 7) is 9.49. The third kappa shape index (κ3) is 2.74. The number of hydrogen-bond acceptors (Lipinski definition) is 0. The molecule has 4 atom stereocenters. The second-order valence-electron chi connectivity index (χ2n) is 5.20. The summed E-state index contributed by atoms with van der Waals surface area (Å²) < 4.78 is 0. The van der Waals surface area contributed by atoms with Gasteiger partial charge >= 0.3 is 0 Å². The highest BCUT2D eigenvalue weighted by Gasteiger charge is 2.48. The van der Waals surface area contributed by atoms with Crippen molar-refractivity contribution in [2.45, 2.75) is 66.2 Å². The van der Waals surface area contributed by atoms with E-state index < -0.39 is 0 Å². The fraction of sp³-hybridized carbons (Fsp3) is 1.00. The van der Waals surface area contributed by atoms with Gasteiger partial charge < -0.3 is 0 Å². The molecular formula is C14H28. The van der Waals surface area contributed by atoms with Crippen LogP contribution < -0.4 is 0 Å². The molecule has 1 aliphatic carbocycles. The van der Waals surface area contributed by atoms with E-state index >= 15 is 0 Å². The zero-order valence-electron chi connectivity index (χ0n) is 10.6. The van der Waals surface area contributed by atoms with Gasteiger partial charge in [0.15, 0.2) is 0 Å². The maximum atomic E-state index is 2.48. The molecule has 0 aromatic carbocycles. The summed E-state index contributed by atoms with van der Waals surface area (Å²) in [6.07, 6.45) is 8.58. The van der Waals surface area contributed by atoms with Crippen LogP contribution >= 0.6 is 0 Å². The standard InChI is InChI=1S/C14H28/c1-5-8-10-13-11(4)14(13)12(7-3)9-6-2/h11-14H,5-10H2,1-4H3. The minimum atomic E-state index is 1.04. The van der Waals surface area contributed by atoms with Crippen LogP contribution in [0, 0.1) is 23.7 Å². The minimum Gasteiger partial charge on any atom is -0.0654 e. The molecule has 0 radical (unpaired) electrons. The summed E-state index contributed by atoms with van der Waals surface area (Å²) in [4.78, 5) is 0. The summed E-state index contributed by atoms with van der Waals surface area (Å²) in [7, 11) is 0. The smallest absolute Gasteiger partial charge is 0.0326 e. The van der Waals surface area contributed by atoms with Gasteiger partial charge in [0.2, 0.25) is 0 Å². The molecule has 1 saturated carbocycles. The van der Waals surface area contributed by atoms with Crippen LogP contribution in [0.2, 0.25) is 0 Å². The molecule has 0 heteroatoms. The Labute approximate surface area is 90.5 Å². The lowest BCUT2D eigenvalue weighted by Crippen LogP contribution is -2.03. The fourth-order valence-electron chi connectivity index (χ4n) is 3.29. The second kappa shape index (κ2) is 5.78. The van der Waals surface area contributed by atoms with E-state index in [1.165, 1.54) is 38.5 Å². The Morgan fingerprint density at radius 2 is 1.79 bits per heavy atom. The molecule has 0 bridgehead atoms. The molecule has 1 fully saturated rings. The number of hydrogen-bond donors (Lipinski definition) is 0. The summed E-state index contributed by atoms with van der Waals surface area (Å²) in [5.74, 6) is 4.26. The Kier molecular flexibility index (Phi) is 4.98. The first-order chi connectivity index (χ1) is 6.76. The fourth-order valence-corrected chi connectivity index (χ4v) is 3.29. The van der Waals surface area contributed by atoms with Gasteiger partial charge in [0, 0.05) is 0 Å². The molecule has 0 amide bonds. The molecule has 0 aliphatic heterocycles. The number of unbranched alkanes of at least 4 members (excludes halogenated alkanes) is 1. The third-order valence-electron chi connectivity index (χ3n) is 4.26. The van der Waals surface area contributed by atoms with Crippen molar-refractivity contribution < 1.29 is 0 Å². The van der Waals surface area contributed by atoms with Crippen LogP contribution in [0.3, 0.4) is 0 Å². The minimum absolute atomic E-state index is 1.04. The molecule has 4 unspecified atom stereocenters. The highest BCUT2D eigenvalue weighted by Crippen LogP contribution is 2.55. The van der Waals surface area contributed by atoms with Crippen LogP contribution in [0.1, 0.15) is 66.2 Å². The molecule has 0 nitrogen and oxygen atoms in total. The summed E-state index contributed by atoms with van der Waals surface area (Å²) in [5, 5.41) is 0. The Balaban J connectivity index is 2.30. The van der Waals surface area contributed by atoms with Crippen LogP contribution in [0.25, 0.3) is 0 Å². The molecule has 84 valence electrons. The van der Waals surface area contributed by atoms with E-state index in [-0.39, 0.29) is 0 Å². The third-order valence-corrected chi connectivity index (χ3v) is 4.26. The molecule has 1 rings (SSSR count). The van der Waals surface area contributed by atoms with E-state index in [2.05, 4.69) is 27.7 Å². The maximum absolute atomic E-state index is 2.48. The first-order valence-corrected chi connectivity index (χ1v) is 6.76. The Morgan fingerprint density at radius 1 is 1.07 bits per heavy atom. The van der Waals surface area contributed by atoms with Crippen LogP contribution in [-0.2, 0) is 0 Å². The van der Waals surface area contributed by atoms with Gasteiger partial charge in [-0.1, -0.05) is 59.8 Å². The zero-order valence-corrected chi connectivity index (χ0v) is 10.6. The molecule has 0 heterocycles. The topological polar surface area (TPSA) is 0 Å². The Bertz CT molecular complexity index is 150. The van der Waals surface area contributed by atoms with Gasteiger partial charge in [0.1, 0.15) is 0 Å². The van der Waals surface area contributed by atoms with Crippen LogP contribution in [-0.4, -0.2) is 0 Å². The van der Waals surface area contributed by atoms with E-state index in [9.17, 15) is 0 Å². The van der Waals surface area contributed by atoms with Crippen molar-refractivity contribution in [3.8, 4) is 0 Å². The molecule has 0 N–H and O–H groups in total. The van der Waals surface area contributed by atoms with Crippen LogP contribution in [0.4, 0.5) is 0 Å². The van der Waals surface area contributed by atoms with Gasteiger partial charge in [-0.3, -0.25) is 0 Å². The van der Waals surface area contributed by atoms with Crippen molar-refractivity contribution in [1.29, 1.82) is 0 Å². The SMILES string of the molecule is CCCCC1C(C)C1C(CC)CCC. The Hall–Kier alpha value is 0. The molecule has 14 heavy (non-hydrogen) atoms. The van der Waals surface area contributed by atoms with E-state index in [0.717, 1.165) is 23.7 Å². The monoisotopic (exact) mass is 196 g/mol. The lowest BCUT2D eigenvalue weighted by Gasteiger charge is -2.13. The predicted octanol–water partition coefficient (Wildman–Crippen LogP) is 4.89. The van der Waals surface area contributed by atoms with E-state index in [1.807, 2.05) is 0 Å². The van der Waals surface area contributed by atoms with Crippen molar-refractivity contribution in [2.75, 3.05) is 0 Å². The lowest BCUT2D eigenvalue weighted by molar-refractivity contribution is 0.375. The average Bonchev–Trinajstić information content (AvgIpc) is 2.82. The van der Waals surface area contributed by atoms with Crippen LogP contribution in [0.5, 0.6) is 0 Å². The summed E-state index contributed by atoms with van der Waals surface area (Å²) >= 11 is 0. The highest BCUT2D eigenvalue weighted by atomic mass is 14.5. The largest absolute Gasteiger partial charge is 0.0654 e. The van der Waals surface area contributed by atoms with Crippen molar-refractivity contribution in [2.24, 2.45) is 23.7 Å². The first-order valence-electron chi connectivity index (χ1n) is 6.76. The zero-order chi connectivity index (χ0) is 10.6. The molecular weight excluding hydrogens is 168 g/mol. The molecule has 0 saturated heterocycles. The molecule has 1 aliphatic rings. The van der Waals surface area contributed by atoms with Crippen molar-refractivity contribution in [1.82, 2.24) is 0 Å². The second-order valence-corrected chi connectivity index (χ2v) is 5.20. The number of rotatable bonds is 7. The lowest BCUT2D eigenvalue weighted by atomic mass is 9.92. The van der Waals surface area contributed by atoms with Crippen LogP contribution in [0.15, 0.2) is 0 Å². The average molecular weight is 196 g/mol. The maximum Gasteiger partial charge on any atom is -0.0326 e. The Morgan fingerprint density at radius 3 is 2.29 bits per heavy atom. The first kappa shape index (κ1) is 12.1. The van der Waals surface area contributed by atoms with Crippen molar-refractivity contribution in [3.63, 3.8) is 0 Å². The van der Waals surface area contributed by atoms with E-state index in [0.29, 0.717) is 0 Å². The van der Waals surface area contributed by atoms with Gasteiger partial charge in [-0.05, 0) is 30.1 Å². The quantitative estimate of drug-likeness (QED) is 0.544. The van der Waals surface area contributed by atoms with Crippen molar-refractivity contribution >= 4 is 0 Å². The van der Waals surface area contributed by atoms with E-state index in [1.54, 1.807) is 0 Å². The van der Waals surface area contributed by atoms with E-state index in [4.69, 9.17) is 0 Å². The summed E-state index contributed by atoms with van der Waals surface area (Å²) in [5.41, 5.74) is 0. The molecule has 0 spiro atoms. The van der Waals surface area contributed by atoms with Gasteiger partial charge in [0.25, 0.3) is 0 Å². The van der Waals surface area contributed by atoms with Gasteiger partial charge in [-0.2, -0.15) is 0 Å². The highest BCUT2D eigenvalue weighted by molar-refractivity contribution is 4.97. The van der Waals surface area contributed by atoms with Gasteiger partial charge in [-0.25, -0.2) is 0 Å². The van der Waals surface area contributed by atoms with Gasteiger partial charge in [0.05, 0.1) is 0 Å². The molecule has 0 aromatic heterocycles. The molecule has 0 aromatic rings. The van der Waals surface area contributed by atoms with Crippen molar-refractivity contribution in [3.05, 3.63) is 0 Å². The van der Waals surface area contributed by atoms with Gasteiger partial charge in [-0.15, -0.1) is 0 Å². The predicted molar refractivity (Wildman–Crippen MR) is 64.4 cm³/mol.